The van der Waals surface area contributed by atoms with Crippen molar-refractivity contribution in [3.63, 3.8) is 0 Å². The van der Waals surface area contributed by atoms with Gasteiger partial charge in [0.05, 0.1) is 6.42 Å². The first kappa shape index (κ1) is 22.2. The molecule has 1 aliphatic rings. The van der Waals surface area contributed by atoms with Gasteiger partial charge in [0.25, 0.3) is 5.91 Å². The lowest BCUT2D eigenvalue weighted by Crippen LogP contribution is -2.35. The average Bonchev–Trinajstić information content (AvgIpc) is 2.76. The Kier molecular flexibility index (Phi) is 6.22. The summed E-state index contributed by atoms with van der Waals surface area (Å²) in [7, 11) is 0. The van der Waals surface area contributed by atoms with E-state index in [-0.39, 0.29) is 47.5 Å². The summed E-state index contributed by atoms with van der Waals surface area (Å²) in [6.07, 6.45) is 0.173. The third-order valence-corrected chi connectivity index (χ3v) is 5.06. The zero-order valence-electron chi connectivity index (χ0n) is 18.5. The summed E-state index contributed by atoms with van der Waals surface area (Å²) in [4.78, 5) is 24.6. The molecule has 1 amide bonds. The summed E-state index contributed by atoms with van der Waals surface area (Å²) >= 11 is 0. The van der Waals surface area contributed by atoms with Crippen LogP contribution in [-0.4, -0.2) is 29.0 Å². The summed E-state index contributed by atoms with van der Waals surface area (Å²) in [6.45, 7) is 3.77. The Balaban J connectivity index is 1.31. The number of amides is 1. The molecule has 170 valence electrons. The maximum Gasteiger partial charge on any atom is 0.262 e. The van der Waals surface area contributed by atoms with E-state index in [9.17, 15) is 14.7 Å². The quantitative estimate of drug-likeness (QED) is 0.544. The first-order chi connectivity index (χ1) is 15.8. The smallest absolute Gasteiger partial charge is 0.262 e. The van der Waals surface area contributed by atoms with Gasteiger partial charge in [-0.1, -0.05) is 30.3 Å². The van der Waals surface area contributed by atoms with Gasteiger partial charge in [-0.2, -0.15) is 0 Å². The Labute approximate surface area is 191 Å². The summed E-state index contributed by atoms with van der Waals surface area (Å²) in [5.74, 6) is 0.376. The largest absolute Gasteiger partial charge is 0.507 e. The molecule has 0 atom stereocenters. The third kappa shape index (κ3) is 5.63. The predicted molar refractivity (Wildman–Crippen MR) is 123 cm³/mol. The minimum Gasteiger partial charge on any atom is -0.507 e. The number of carbonyl (C=O) groups is 2. The van der Waals surface area contributed by atoms with E-state index < -0.39 is 5.60 Å². The number of fused-ring (bicyclic) bond motifs is 1. The van der Waals surface area contributed by atoms with Crippen molar-refractivity contribution in [2.45, 2.75) is 32.5 Å². The number of carbonyl (C=O) groups excluding carboxylic acids is 2. The monoisotopic (exact) mass is 447 g/mol. The Hall–Kier alpha value is -4.00. The molecule has 0 aromatic heterocycles. The van der Waals surface area contributed by atoms with Crippen LogP contribution in [0.25, 0.3) is 0 Å². The van der Waals surface area contributed by atoms with Crippen LogP contribution in [0, 0.1) is 0 Å². The number of phenols is 1. The van der Waals surface area contributed by atoms with Gasteiger partial charge in [-0.05, 0) is 43.7 Å². The van der Waals surface area contributed by atoms with Crippen molar-refractivity contribution in [1.82, 2.24) is 0 Å². The topological polar surface area (TPSA) is 94.1 Å². The first-order valence-corrected chi connectivity index (χ1v) is 10.6. The number of hydrogen-bond donors (Lipinski definition) is 2. The second-order valence-corrected chi connectivity index (χ2v) is 8.41. The minimum atomic E-state index is -0.677. The van der Waals surface area contributed by atoms with Crippen molar-refractivity contribution in [2.75, 3.05) is 11.9 Å². The number of hydrogen-bond acceptors (Lipinski definition) is 6. The van der Waals surface area contributed by atoms with E-state index in [1.54, 1.807) is 38.1 Å². The molecule has 0 saturated carbocycles. The summed E-state index contributed by atoms with van der Waals surface area (Å²) in [5.41, 5.74) is 1.13. The van der Waals surface area contributed by atoms with Gasteiger partial charge >= 0.3 is 0 Å². The van der Waals surface area contributed by atoms with E-state index in [1.807, 2.05) is 30.3 Å². The second kappa shape index (κ2) is 9.24. The molecule has 4 rings (SSSR count). The van der Waals surface area contributed by atoms with Crippen molar-refractivity contribution in [2.24, 2.45) is 0 Å². The van der Waals surface area contributed by atoms with Crippen molar-refractivity contribution in [3.05, 3.63) is 77.9 Å². The lowest BCUT2D eigenvalue weighted by atomic mass is 9.92. The van der Waals surface area contributed by atoms with Gasteiger partial charge in [-0.15, -0.1) is 0 Å². The highest BCUT2D eigenvalue weighted by atomic mass is 16.5. The number of nitrogens with one attached hydrogen (secondary N) is 1. The van der Waals surface area contributed by atoms with Crippen LogP contribution >= 0.6 is 0 Å². The van der Waals surface area contributed by atoms with E-state index in [0.717, 1.165) is 5.56 Å². The predicted octanol–water partition coefficient (Wildman–Crippen LogP) is 4.73. The van der Waals surface area contributed by atoms with Gasteiger partial charge in [-0.25, -0.2) is 0 Å². The number of ketones is 1. The Bertz CT molecular complexity index is 1160. The number of Topliss-reactive ketones (excluding diaryl/α,β-unsaturated/α-hetero) is 1. The van der Waals surface area contributed by atoms with Crippen molar-refractivity contribution in [1.29, 1.82) is 0 Å². The van der Waals surface area contributed by atoms with Gasteiger partial charge in [0.15, 0.2) is 12.4 Å². The standard InChI is InChI=1S/C26H25NO6/c1-26(2)14-22(29)25-21(28)12-20(13-23(25)33-26)32-16-24(30)27-18-8-10-19(11-9-18)31-15-17-6-4-3-5-7-17/h3-13,28H,14-16H2,1-2H3,(H,27,30). The summed E-state index contributed by atoms with van der Waals surface area (Å²) in [6, 6.07) is 19.7. The van der Waals surface area contributed by atoms with Crippen LogP contribution in [0.3, 0.4) is 0 Å². The number of ether oxygens (including phenoxy) is 3. The van der Waals surface area contributed by atoms with E-state index in [2.05, 4.69) is 5.32 Å². The van der Waals surface area contributed by atoms with Crippen molar-refractivity contribution < 1.29 is 28.9 Å². The van der Waals surface area contributed by atoms with Crippen LogP contribution in [0.5, 0.6) is 23.0 Å². The van der Waals surface area contributed by atoms with Gasteiger partial charge in [0, 0.05) is 17.8 Å². The molecule has 3 aromatic carbocycles. The van der Waals surface area contributed by atoms with Crippen molar-refractivity contribution >= 4 is 17.4 Å². The molecule has 0 aliphatic carbocycles. The van der Waals surface area contributed by atoms with E-state index in [4.69, 9.17) is 14.2 Å². The Morgan fingerprint density at radius 1 is 1.03 bits per heavy atom. The molecule has 33 heavy (non-hydrogen) atoms. The van der Waals surface area contributed by atoms with Crippen LogP contribution in [0.1, 0.15) is 36.2 Å². The molecule has 3 aromatic rings. The van der Waals surface area contributed by atoms with E-state index in [1.165, 1.54) is 12.1 Å². The highest BCUT2D eigenvalue weighted by molar-refractivity contribution is 6.03. The zero-order valence-corrected chi connectivity index (χ0v) is 18.5. The third-order valence-electron chi connectivity index (χ3n) is 5.06. The number of rotatable bonds is 7. The number of aromatic hydroxyl groups is 1. The highest BCUT2D eigenvalue weighted by Gasteiger charge is 2.35. The van der Waals surface area contributed by atoms with Gasteiger partial charge < -0.3 is 24.6 Å². The van der Waals surface area contributed by atoms with E-state index in [0.29, 0.717) is 18.0 Å². The summed E-state index contributed by atoms with van der Waals surface area (Å²) < 4.78 is 17.1. The fourth-order valence-electron chi connectivity index (χ4n) is 3.55. The van der Waals surface area contributed by atoms with E-state index >= 15 is 0 Å². The highest BCUT2D eigenvalue weighted by Crippen LogP contribution is 2.40. The van der Waals surface area contributed by atoms with Crippen LogP contribution in [-0.2, 0) is 11.4 Å². The fourth-order valence-corrected chi connectivity index (χ4v) is 3.55. The molecule has 0 spiro atoms. The minimum absolute atomic E-state index is 0.140. The lowest BCUT2D eigenvalue weighted by molar-refractivity contribution is -0.118. The molecular formula is C26H25NO6. The van der Waals surface area contributed by atoms with Gasteiger partial charge in [-0.3, -0.25) is 9.59 Å². The van der Waals surface area contributed by atoms with Crippen molar-refractivity contribution in [3.8, 4) is 23.0 Å². The van der Waals surface area contributed by atoms with Crippen LogP contribution < -0.4 is 19.5 Å². The molecule has 0 bridgehead atoms. The molecule has 0 radical (unpaired) electrons. The molecule has 7 heteroatoms. The molecule has 1 aliphatic heterocycles. The maximum absolute atomic E-state index is 12.3. The van der Waals surface area contributed by atoms with Crippen LogP contribution in [0.15, 0.2) is 66.7 Å². The Morgan fingerprint density at radius 3 is 2.48 bits per heavy atom. The van der Waals surface area contributed by atoms with Gasteiger partial charge in [0.1, 0.15) is 40.8 Å². The average molecular weight is 447 g/mol. The van der Waals surface area contributed by atoms with Gasteiger partial charge in [0.2, 0.25) is 0 Å². The molecule has 0 saturated heterocycles. The Morgan fingerprint density at radius 2 is 1.76 bits per heavy atom. The number of phenolic OH excluding ortho intramolecular Hbond substituents is 1. The summed E-state index contributed by atoms with van der Waals surface area (Å²) in [5, 5.41) is 13.0. The molecule has 2 N–H and O–H groups in total. The normalized spacial score (nSPS) is 14.1. The number of anilines is 1. The molecular weight excluding hydrogens is 422 g/mol. The molecule has 1 heterocycles. The number of benzene rings is 3. The maximum atomic E-state index is 12.3. The molecule has 0 fully saturated rings. The van der Waals surface area contributed by atoms with Crippen LogP contribution in [0.2, 0.25) is 0 Å². The first-order valence-electron chi connectivity index (χ1n) is 10.6. The lowest BCUT2D eigenvalue weighted by Gasteiger charge is -2.32. The molecule has 0 unspecified atom stereocenters. The zero-order chi connectivity index (χ0) is 23.4. The fraction of sp³-hybridized carbons (Fsp3) is 0.231. The second-order valence-electron chi connectivity index (χ2n) is 8.41. The SMILES string of the molecule is CC1(C)CC(=O)c2c(O)cc(OCC(=O)Nc3ccc(OCc4ccccc4)cc3)cc2O1. The molecule has 7 nitrogen and oxygen atoms in total. The van der Waals surface area contributed by atoms with Crippen LogP contribution in [0.4, 0.5) is 5.69 Å².